The van der Waals surface area contributed by atoms with E-state index in [1.807, 2.05) is 32.7 Å². The molecule has 0 aliphatic heterocycles. The largest absolute Gasteiger partial charge is 0.397 e. The summed E-state index contributed by atoms with van der Waals surface area (Å²) in [5.41, 5.74) is 7.29. The highest BCUT2D eigenvalue weighted by Gasteiger charge is 2.21. The quantitative estimate of drug-likeness (QED) is 0.817. The van der Waals surface area contributed by atoms with Crippen molar-refractivity contribution in [2.24, 2.45) is 0 Å². The van der Waals surface area contributed by atoms with Gasteiger partial charge in [0, 0.05) is 18.1 Å². The molecule has 5 heteroatoms. The van der Waals surface area contributed by atoms with Crippen LogP contribution in [0.15, 0.2) is 18.2 Å². The lowest BCUT2D eigenvalue weighted by Crippen LogP contribution is -2.46. The number of carbonyl (C=O) groups excluding carboxylic acids is 1. The number of nitrogens with zero attached hydrogens (tertiary/aromatic N) is 1. The molecule has 1 rings (SSSR count). The first-order chi connectivity index (χ1) is 8.86. The van der Waals surface area contributed by atoms with Crippen LogP contribution in [-0.2, 0) is 4.79 Å². The van der Waals surface area contributed by atoms with Crippen molar-refractivity contribution in [2.75, 3.05) is 17.7 Å². The monoisotopic (exact) mass is 283 g/mol. The van der Waals surface area contributed by atoms with Crippen molar-refractivity contribution in [3.63, 3.8) is 0 Å². The number of halogens is 1. The third kappa shape index (κ3) is 4.03. The van der Waals surface area contributed by atoms with Crippen LogP contribution in [0, 0.1) is 0 Å². The van der Waals surface area contributed by atoms with E-state index in [0.717, 1.165) is 12.1 Å². The lowest BCUT2D eigenvalue weighted by Gasteiger charge is -2.28. The van der Waals surface area contributed by atoms with Gasteiger partial charge in [0.25, 0.3) is 0 Å². The highest BCUT2D eigenvalue weighted by atomic mass is 35.5. The van der Waals surface area contributed by atoms with Crippen LogP contribution in [0.25, 0.3) is 0 Å². The zero-order valence-electron chi connectivity index (χ0n) is 11.9. The number of amides is 1. The van der Waals surface area contributed by atoms with Crippen LogP contribution in [0.4, 0.5) is 11.4 Å². The van der Waals surface area contributed by atoms with Gasteiger partial charge < -0.3 is 16.0 Å². The van der Waals surface area contributed by atoms with E-state index in [2.05, 4.69) is 5.32 Å². The topological polar surface area (TPSA) is 58.4 Å². The van der Waals surface area contributed by atoms with Crippen LogP contribution in [0.5, 0.6) is 0 Å². The number of rotatable bonds is 5. The maximum atomic E-state index is 12.1. The Labute approximate surface area is 119 Å². The fourth-order valence-corrected chi connectivity index (χ4v) is 1.84. The molecule has 0 aliphatic carbocycles. The summed E-state index contributed by atoms with van der Waals surface area (Å²) in [5.74, 6) is -0.0174. The van der Waals surface area contributed by atoms with Crippen molar-refractivity contribution in [3.05, 3.63) is 23.2 Å². The second-order valence-electron chi connectivity index (χ2n) is 4.81. The van der Waals surface area contributed by atoms with Crippen molar-refractivity contribution >= 4 is 28.9 Å². The van der Waals surface area contributed by atoms with Crippen molar-refractivity contribution in [1.82, 2.24) is 5.32 Å². The van der Waals surface area contributed by atoms with E-state index < -0.39 is 0 Å². The molecule has 0 radical (unpaired) electrons. The molecule has 0 saturated heterocycles. The number of nitrogens with one attached hydrogen (secondary N) is 1. The molecule has 19 heavy (non-hydrogen) atoms. The lowest BCUT2D eigenvalue weighted by molar-refractivity contribution is -0.122. The van der Waals surface area contributed by atoms with Crippen LogP contribution in [-0.4, -0.2) is 25.0 Å². The van der Waals surface area contributed by atoms with Gasteiger partial charge in [-0.2, -0.15) is 0 Å². The zero-order valence-corrected chi connectivity index (χ0v) is 12.7. The molecule has 2 unspecified atom stereocenters. The molecule has 0 spiro atoms. The normalized spacial score (nSPS) is 13.7. The minimum absolute atomic E-state index is 0.0174. The summed E-state index contributed by atoms with van der Waals surface area (Å²) >= 11 is 5.97. The maximum Gasteiger partial charge on any atom is 0.242 e. The van der Waals surface area contributed by atoms with Crippen molar-refractivity contribution < 1.29 is 4.79 Å². The van der Waals surface area contributed by atoms with E-state index in [4.69, 9.17) is 17.3 Å². The minimum Gasteiger partial charge on any atom is -0.397 e. The molecular formula is C14H22ClN3O. The zero-order chi connectivity index (χ0) is 14.6. The van der Waals surface area contributed by atoms with Gasteiger partial charge in [-0.3, -0.25) is 4.79 Å². The Morgan fingerprint density at radius 1 is 1.47 bits per heavy atom. The van der Waals surface area contributed by atoms with E-state index in [0.29, 0.717) is 10.7 Å². The summed E-state index contributed by atoms with van der Waals surface area (Å²) in [6.07, 6.45) is 0.904. The van der Waals surface area contributed by atoms with Gasteiger partial charge in [-0.1, -0.05) is 18.5 Å². The first kappa shape index (κ1) is 15.6. The van der Waals surface area contributed by atoms with Crippen LogP contribution in [0.1, 0.15) is 27.2 Å². The molecule has 0 heterocycles. The number of nitrogen functional groups attached to an aromatic ring is 1. The third-order valence-electron chi connectivity index (χ3n) is 3.33. The smallest absolute Gasteiger partial charge is 0.242 e. The molecule has 1 aromatic rings. The molecule has 106 valence electrons. The number of nitrogens with two attached hydrogens (primary N) is 1. The molecular weight excluding hydrogens is 262 g/mol. The van der Waals surface area contributed by atoms with Crippen LogP contribution < -0.4 is 16.0 Å². The first-order valence-electron chi connectivity index (χ1n) is 6.45. The highest BCUT2D eigenvalue weighted by Crippen LogP contribution is 2.27. The van der Waals surface area contributed by atoms with E-state index in [-0.39, 0.29) is 18.0 Å². The number of hydrogen-bond donors (Lipinski definition) is 2. The third-order valence-corrected chi connectivity index (χ3v) is 3.57. The maximum absolute atomic E-state index is 12.1. The molecule has 0 bridgehead atoms. The van der Waals surface area contributed by atoms with E-state index in [1.165, 1.54) is 0 Å². The molecule has 1 aromatic carbocycles. The fourth-order valence-electron chi connectivity index (χ4n) is 1.67. The van der Waals surface area contributed by atoms with Gasteiger partial charge in [0.05, 0.1) is 11.4 Å². The van der Waals surface area contributed by atoms with Crippen LogP contribution in [0.2, 0.25) is 5.02 Å². The Hall–Kier alpha value is -1.42. The van der Waals surface area contributed by atoms with Gasteiger partial charge in [0.2, 0.25) is 5.91 Å². The standard InChI is InChI=1S/C14H22ClN3O/c1-5-9(2)17-14(19)10(3)18(4)13-8-11(15)6-7-12(13)16/h6-10H,5,16H2,1-4H3,(H,17,19). The second kappa shape index (κ2) is 6.66. The lowest BCUT2D eigenvalue weighted by atomic mass is 10.2. The molecule has 0 aromatic heterocycles. The van der Waals surface area contributed by atoms with E-state index in [9.17, 15) is 4.79 Å². The molecule has 0 fully saturated rings. The summed E-state index contributed by atoms with van der Waals surface area (Å²) in [6.45, 7) is 5.87. The van der Waals surface area contributed by atoms with Gasteiger partial charge in [-0.05, 0) is 38.5 Å². The summed E-state index contributed by atoms with van der Waals surface area (Å²) < 4.78 is 0. The molecule has 4 nitrogen and oxygen atoms in total. The van der Waals surface area contributed by atoms with E-state index in [1.54, 1.807) is 18.2 Å². The van der Waals surface area contributed by atoms with Crippen molar-refractivity contribution in [1.29, 1.82) is 0 Å². The Morgan fingerprint density at radius 2 is 2.11 bits per heavy atom. The van der Waals surface area contributed by atoms with Crippen LogP contribution >= 0.6 is 11.6 Å². The summed E-state index contributed by atoms with van der Waals surface area (Å²) in [5, 5.41) is 3.56. The van der Waals surface area contributed by atoms with Crippen molar-refractivity contribution in [3.8, 4) is 0 Å². The minimum atomic E-state index is -0.310. The number of hydrogen-bond acceptors (Lipinski definition) is 3. The summed E-state index contributed by atoms with van der Waals surface area (Å²) in [6, 6.07) is 5.10. The van der Waals surface area contributed by atoms with Gasteiger partial charge in [0.15, 0.2) is 0 Å². The molecule has 1 amide bonds. The SMILES string of the molecule is CCC(C)NC(=O)C(C)N(C)c1cc(Cl)ccc1N. The van der Waals surface area contributed by atoms with Gasteiger partial charge in [-0.15, -0.1) is 0 Å². The Bertz CT molecular complexity index is 450. The summed E-state index contributed by atoms with van der Waals surface area (Å²) in [4.78, 5) is 13.9. The number of benzene rings is 1. The fraction of sp³-hybridized carbons (Fsp3) is 0.500. The number of likely N-dealkylation sites (N-methyl/N-ethyl adjacent to an activating group) is 1. The Balaban J connectivity index is 2.84. The Morgan fingerprint density at radius 3 is 2.68 bits per heavy atom. The van der Waals surface area contributed by atoms with Gasteiger partial charge in [0.1, 0.15) is 6.04 Å². The molecule has 0 aliphatic rings. The number of anilines is 2. The Kier molecular flexibility index (Phi) is 5.48. The number of carbonyl (C=O) groups is 1. The van der Waals surface area contributed by atoms with Crippen LogP contribution in [0.3, 0.4) is 0 Å². The molecule has 0 saturated carbocycles. The summed E-state index contributed by atoms with van der Waals surface area (Å²) in [7, 11) is 1.84. The van der Waals surface area contributed by atoms with Gasteiger partial charge >= 0.3 is 0 Å². The average Bonchev–Trinajstić information content (AvgIpc) is 2.39. The van der Waals surface area contributed by atoms with Crippen molar-refractivity contribution in [2.45, 2.75) is 39.3 Å². The highest BCUT2D eigenvalue weighted by molar-refractivity contribution is 6.31. The molecule has 3 N–H and O–H groups in total. The average molecular weight is 284 g/mol. The van der Waals surface area contributed by atoms with E-state index >= 15 is 0 Å². The predicted octanol–water partition coefficient (Wildman–Crippen LogP) is 2.66. The van der Waals surface area contributed by atoms with Gasteiger partial charge in [-0.25, -0.2) is 0 Å². The molecule has 2 atom stereocenters. The second-order valence-corrected chi connectivity index (χ2v) is 5.24. The predicted molar refractivity (Wildman–Crippen MR) is 81.6 cm³/mol. The first-order valence-corrected chi connectivity index (χ1v) is 6.82.